The number of hydrogen-bond acceptors (Lipinski definition) is 5. The molecule has 0 spiro atoms. The molecule has 0 aliphatic carbocycles. The molecular formula is C20H13F4N5OS. The lowest BCUT2D eigenvalue weighted by molar-refractivity contribution is -0.137. The van der Waals surface area contributed by atoms with Crippen molar-refractivity contribution in [3.05, 3.63) is 77.6 Å². The molecule has 0 atom stereocenters. The predicted octanol–water partition coefficient (Wildman–Crippen LogP) is 4.73. The molecule has 0 unspecified atom stereocenters. The Morgan fingerprint density at radius 3 is 2.58 bits per heavy atom. The van der Waals surface area contributed by atoms with Crippen molar-refractivity contribution in [2.45, 2.75) is 12.6 Å². The number of thiazole rings is 1. The first-order valence-electron chi connectivity index (χ1n) is 8.86. The average molecular weight is 447 g/mol. The summed E-state index contributed by atoms with van der Waals surface area (Å²) in [6.45, 7) is 0. The normalized spacial score (nSPS) is 11.5. The fraction of sp³-hybridized carbons (Fsp3) is 0.100. The molecule has 0 bridgehead atoms. The van der Waals surface area contributed by atoms with E-state index in [1.54, 1.807) is 17.5 Å². The van der Waals surface area contributed by atoms with Gasteiger partial charge in [-0.15, -0.1) is 11.3 Å². The Labute approximate surface area is 177 Å². The van der Waals surface area contributed by atoms with E-state index in [0.29, 0.717) is 16.3 Å². The summed E-state index contributed by atoms with van der Waals surface area (Å²) >= 11 is 1.28. The molecule has 0 aliphatic heterocycles. The van der Waals surface area contributed by atoms with Crippen LogP contribution in [0.3, 0.4) is 0 Å². The first kappa shape index (κ1) is 20.7. The number of halogens is 4. The molecule has 158 valence electrons. The van der Waals surface area contributed by atoms with Gasteiger partial charge in [0.15, 0.2) is 0 Å². The van der Waals surface area contributed by atoms with Gasteiger partial charge in [-0.05, 0) is 42.5 Å². The first-order valence-corrected chi connectivity index (χ1v) is 9.74. The number of aromatic nitrogens is 4. The van der Waals surface area contributed by atoms with Crippen LogP contribution in [-0.2, 0) is 17.4 Å². The van der Waals surface area contributed by atoms with Crippen LogP contribution in [0.5, 0.6) is 0 Å². The fourth-order valence-electron chi connectivity index (χ4n) is 2.82. The Morgan fingerprint density at radius 1 is 1.13 bits per heavy atom. The zero-order valence-corrected chi connectivity index (χ0v) is 16.4. The van der Waals surface area contributed by atoms with E-state index in [4.69, 9.17) is 0 Å². The van der Waals surface area contributed by atoms with Crippen LogP contribution < -0.4 is 5.32 Å². The Hall–Kier alpha value is -3.60. The molecule has 4 rings (SSSR count). The molecule has 2 heterocycles. The molecule has 31 heavy (non-hydrogen) atoms. The number of nitrogens with zero attached hydrogens (tertiary/aromatic N) is 4. The Kier molecular flexibility index (Phi) is 5.51. The van der Waals surface area contributed by atoms with Gasteiger partial charge in [0.2, 0.25) is 5.91 Å². The van der Waals surface area contributed by atoms with Crippen molar-refractivity contribution in [3.63, 3.8) is 0 Å². The minimum Gasteiger partial charge on any atom is -0.324 e. The second kappa shape index (κ2) is 8.26. The smallest absolute Gasteiger partial charge is 0.324 e. The largest absolute Gasteiger partial charge is 0.416 e. The van der Waals surface area contributed by atoms with Gasteiger partial charge in [0, 0.05) is 10.9 Å². The van der Waals surface area contributed by atoms with Gasteiger partial charge < -0.3 is 5.32 Å². The monoisotopic (exact) mass is 447 g/mol. The van der Waals surface area contributed by atoms with Crippen LogP contribution in [0, 0.1) is 5.82 Å². The van der Waals surface area contributed by atoms with E-state index < -0.39 is 17.6 Å². The Morgan fingerprint density at radius 2 is 1.90 bits per heavy atom. The Balaban J connectivity index is 1.55. The fourth-order valence-corrected chi connectivity index (χ4v) is 3.64. The van der Waals surface area contributed by atoms with Crippen molar-refractivity contribution < 1.29 is 22.4 Å². The molecular weight excluding hydrogens is 434 g/mol. The van der Waals surface area contributed by atoms with Gasteiger partial charge in [-0.25, -0.2) is 19.0 Å². The number of benzene rings is 2. The highest BCUT2D eigenvalue weighted by Crippen LogP contribution is 2.33. The maximum Gasteiger partial charge on any atom is 0.416 e. The quantitative estimate of drug-likeness (QED) is 0.449. The summed E-state index contributed by atoms with van der Waals surface area (Å²) in [5, 5.41) is 8.68. The molecule has 0 fully saturated rings. The van der Waals surface area contributed by atoms with Crippen LogP contribution in [0.25, 0.3) is 16.3 Å². The summed E-state index contributed by atoms with van der Waals surface area (Å²) in [6.07, 6.45) is -2.17. The van der Waals surface area contributed by atoms with E-state index in [2.05, 4.69) is 20.4 Å². The standard InChI is InChI=1S/C20H13F4N5OS/c21-14-4-1-12(2-5-14)19-27-15(9-31-19)8-18(30)28-16-7-13(20(22,23)24)3-6-17(16)29-11-25-10-26-29/h1-7,9-11H,8H2,(H,28,30). The van der Waals surface area contributed by atoms with E-state index in [9.17, 15) is 22.4 Å². The maximum atomic E-state index is 13.1. The number of hydrogen-bond donors (Lipinski definition) is 1. The van der Waals surface area contributed by atoms with Crippen LogP contribution in [0.4, 0.5) is 23.2 Å². The second-order valence-electron chi connectivity index (χ2n) is 6.45. The van der Waals surface area contributed by atoms with E-state index in [0.717, 1.165) is 12.1 Å². The summed E-state index contributed by atoms with van der Waals surface area (Å²) in [5.74, 6) is -0.916. The molecule has 1 N–H and O–H groups in total. The molecule has 2 aromatic heterocycles. The van der Waals surface area contributed by atoms with Gasteiger partial charge in [-0.3, -0.25) is 4.79 Å². The predicted molar refractivity (Wildman–Crippen MR) is 106 cm³/mol. The topological polar surface area (TPSA) is 72.7 Å². The SMILES string of the molecule is O=C(Cc1csc(-c2ccc(F)cc2)n1)Nc1cc(C(F)(F)F)ccc1-n1cncn1. The minimum absolute atomic E-state index is 0.0562. The van der Waals surface area contributed by atoms with Crippen LogP contribution in [0.2, 0.25) is 0 Å². The minimum atomic E-state index is -4.57. The third kappa shape index (κ3) is 4.77. The average Bonchev–Trinajstić information content (AvgIpc) is 3.40. The van der Waals surface area contributed by atoms with E-state index in [1.165, 1.54) is 46.9 Å². The molecule has 4 aromatic rings. The lowest BCUT2D eigenvalue weighted by atomic mass is 10.1. The van der Waals surface area contributed by atoms with Gasteiger partial charge in [0.05, 0.1) is 29.1 Å². The summed E-state index contributed by atoms with van der Waals surface area (Å²) in [5.41, 5.74) is 0.419. The zero-order chi connectivity index (χ0) is 22.0. The third-order valence-electron chi connectivity index (χ3n) is 4.25. The Bertz CT molecular complexity index is 1200. The third-order valence-corrected chi connectivity index (χ3v) is 5.19. The van der Waals surface area contributed by atoms with Gasteiger partial charge in [0.1, 0.15) is 23.5 Å². The van der Waals surface area contributed by atoms with Crippen molar-refractivity contribution >= 4 is 22.9 Å². The lowest BCUT2D eigenvalue weighted by Crippen LogP contribution is -2.17. The lowest BCUT2D eigenvalue weighted by Gasteiger charge is -2.14. The molecule has 11 heteroatoms. The summed E-state index contributed by atoms with van der Waals surface area (Å²) in [7, 11) is 0. The van der Waals surface area contributed by atoms with Crippen molar-refractivity contribution in [1.29, 1.82) is 0 Å². The highest BCUT2D eigenvalue weighted by Gasteiger charge is 2.31. The number of alkyl halides is 3. The molecule has 0 aliphatic rings. The highest BCUT2D eigenvalue weighted by molar-refractivity contribution is 7.13. The molecule has 6 nitrogen and oxygen atoms in total. The van der Waals surface area contributed by atoms with Crippen molar-refractivity contribution in [2.75, 3.05) is 5.32 Å². The number of amides is 1. The van der Waals surface area contributed by atoms with E-state index in [1.807, 2.05) is 0 Å². The molecule has 0 radical (unpaired) electrons. The van der Waals surface area contributed by atoms with Crippen molar-refractivity contribution in [2.24, 2.45) is 0 Å². The number of carbonyl (C=O) groups is 1. The molecule has 0 saturated heterocycles. The van der Waals surface area contributed by atoms with Crippen molar-refractivity contribution in [1.82, 2.24) is 19.7 Å². The highest BCUT2D eigenvalue weighted by atomic mass is 32.1. The number of nitrogens with one attached hydrogen (secondary N) is 1. The summed E-state index contributed by atoms with van der Waals surface area (Å²) in [6, 6.07) is 8.73. The van der Waals surface area contributed by atoms with E-state index in [-0.39, 0.29) is 23.6 Å². The first-order chi connectivity index (χ1) is 14.8. The van der Waals surface area contributed by atoms with Gasteiger partial charge in [-0.2, -0.15) is 18.3 Å². The summed E-state index contributed by atoms with van der Waals surface area (Å²) < 4.78 is 53.7. The van der Waals surface area contributed by atoms with Crippen LogP contribution in [-0.4, -0.2) is 25.7 Å². The van der Waals surface area contributed by atoms with Crippen LogP contribution in [0.1, 0.15) is 11.3 Å². The molecule has 2 aromatic carbocycles. The summed E-state index contributed by atoms with van der Waals surface area (Å²) in [4.78, 5) is 20.7. The van der Waals surface area contributed by atoms with Crippen LogP contribution >= 0.6 is 11.3 Å². The van der Waals surface area contributed by atoms with Gasteiger partial charge in [-0.1, -0.05) is 0 Å². The van der Waals surface area contributed by atoms with Gasteiger partial charge in [0.25, 0.3) is 0 Å². The molecule has 0 saturated carbocycles. The number of anilines is 1. The van der Waals surface area contributed by atoms with E-state index >= 15 is 0 Å². The second-order valence-corrected chi connectivity index (χ2v) is 7.30. The molecule has 1 amide bonds. The van der Waals surface area contributed by atoms with Gasteiger partial charge >= 0.3 is 6.18 Å². The van der Waals surface area contributed by atoms with Crippen LogP contribution in [0.15, 0.2) is 60.5 Å². The number of rotatable bonds is 5. The number of carbonyl (C=O) groups excluding carboxylic acids is 1. The van der Waals surface area contributed by atoms with Crippen molar-refractivity contribution in [3.8, 4) is 16.3 Å². The zero-order valence-electron chi connectivity index (χ0n) is 15.6. The maximum absolute atomic E-state index is 13.1.